The summed E-state index contributed by atoms with van der Waals surface area (Å²) in [5, 5.41) is 1.55. The Bertz CT molecular complexity index is 1630. The second-order valence-corrected chi connectivity index (χ2v) is 14.0. The fourth-order valence-electron chi connectivity index (χ4n) is 4.59. The molecule has 1 atom stereocenters. The molecule has 236 valence electrons. The molecule has 12 heteroatoms. The minimum atomic E-state index is -4.56. The fraction of sp³-hybridized carbons (Fsp3) is 0.312. The molecule has 0 saturated carbocycles. The highest BCUT2D eigenvalue weighted by molar-refractivity contribution is 8.04. The van der Waals surface area contributed by atoms with E-state index in [9.17, 15) is 30.0 Å². The van der Waals surface area contributed by atoms with Gasteiger partial charge in [0.25, 0.3) is 20.0 Å². The molecule has 4 rings (SSSR count). The summed E-state index contributed by atoms with van der Waals surface area (Å²) in [7, 11) is -8.71. The normalized spacial score (nSPS) is 13.4. The molecule has 0 bridgehead atoms. The van der Waals surface area contributed by atoms with Gasteiger partial charge in [-0.15, -0.1) is 0 Å². The number of unbranched alkanes of at least 4 members (excludes halogenated alkanes) is 2. The number of sulfonamides is 2. The van der Waals surface area contributed by atoms with E-state index in [0.717, 1.165) is 5.39 Å². The molecule has 0 aliphatic carbocycles. The number of rotatable bonds is 16. The molecule has 4 aromatic rings. The van der Waals surface area contributed by atoms with Gasteiger partial charge in [0.1, 0.15) is 0 Å². The first kappa shape index (κ1) is 33.6. The van der Waals surface area contributed by atoms with E-state index < -0.39 is 32.3 Å². The summed E-state index contributed by atoms with van der Waals surface area (Å²) < 4.78 is 106. The predicted molar refractivity (Wildman–Crippen MR) is 162 cm³/mol. The largest absolute Gasteiger partial charge is 0.418 e. The summed E-state index contributed by atoms with van der Waals surface area (Å²) in [6.45, 7) is 0.112. The molecule has 4 aromatic carbocycles. The lowest BCUT2D eigenvalue weighted by Gasteiger charge is -2.22. The molecule has 0 heterocycles. The number of benzene rings is 4. The molecule has 0 saturated heterocycles. The summed E-state index contributed by atoms with van der Waals surface area (Å²) in [6, 6.07) is 26.5. The zero-order valence-electron chi connectivity index (χ0n) is 23.9. The van der Waals surface area contributed by atoms with Crippen molar-refractivity contribution in [3.05, 3.63) is 109 Å². The van der Waals surface area contributed by atoms with Gasteiger partial charge in [0, 0.05) is 26.4 Å². The summed E-state index contributed by atoms with van der Waals surface area (Å²) in [5.74, 6) is 0. The summed E-state index contributed by atoms with van der Waals surface area (Å²) in [4.78, 5) is -0.266. The number of halogens is 3. The number of ether oxygens (including phenoxy) is 2. The SMILES string of the molecule is O=S(=O)(c1ccccc1)N(CCCCOCCCCOC(c1ccc2ccccc2c1)C(F)(F)F)S(=O)(=O)c1ccccc1. The van der Waals surface area contributed by atoms with E-state index in [1.165, 1.54) is 60.7 Å². The third-order valence-electron chi connectivity index (χ3n) is 6.84. The van der Waals surface area contributed by atoms with Crippen molar-refractivity contribution < 1.29 is 39.5 Å². The average molecular weight is 650 g/mol. The van der Waals surface area contributed by atoms with Crippen LogP contribution in [0.1, 0.15) is 37.4 Å². The van der Waals surface area contributed by atoms with Crippen LogP contribution < -0.4 is 0 Å². The van der Waals surface area contributed by atoms with Crippen molar-refractivity contribution in [1.82, 2.24) is 3.71 Å². The van der Waals surface area contributed by atoms with Crippen LogP contribution in [0.15, 0.2) is 113 Å². The molecular weight excluding hydrogens is 615 g/mol. The molecular formula is C32H34F3NO6S2. The topological polar surface area (TPSA) is 90.0 Å². The van der Waals surface area contributed by atoms with Crippen molar-refractivity contribution in [2.45, 2.75) is 47.8 Å². The Morgan fingerprint density at radius 2 is 1.11 bits per heavy atom. The van der Waals surface area contributed by atoms with Crippen LogP contribution in [0.2, 0.25) is 0 Å². The van der Waals surface area contributed by atoms with Crippen LogP contribution in [-0.4, -0.2) is 53.1 Å². The van der Waals surface area contributed by atoms with Crippen molar-refractivity contribution in [2.24, 2.45) is 0 Å². The molecule has 0 fully saturated rings. The lowest BCUT2D eigenvalue weighted by molar-refractivity contribution is -0.224. The van der Waals surface area contributed by atoms with E-state index in [4.69, 9.17) is 9.47 Å². The number of fused-ring (bicyclic) bond motifs is 1. The minimum absolute atomic E-state index is 0.0463. The molecule has 0 radical (unpaired) electrons. The Hall–Kier alpha value is -3.29. The van der Waals surface area contributed by atoms with Crippen molar-refractivity contribution in [3.8, 4) is 0 Å². The van der Waals surface area contributed by atoms with Crippen LogP contribution >= 0.6 is 0 Å². The van der Waals surface area contributed by atoms with Crippen molar-refractivity contribution in [3.63, 3.8) is 0 Å². The van der Waals surface area contributed by atoms with Gasteiger partial charge >= 0.3 is 6.18 Å². The second kappa shape index (κ2) is 15.1. The highest BCUT2D eigenvalue weighted by atomic mass is 32.3. The second-order valence-electron chi connectivity index (χ2n) is 10.1. The zero-order valence-corrected chi connectivity index (χ0v) is 25.5. The molecule has 44 heavy (non-hydrogen) atoms. The van der Waals surface area contributed by atoms with Crippen molar-refractivity contribution in [2.75, 3.05) is 26.4 Å². The van der Waals surface area contributed by atoms with Gasteiger partial charge in [-0.3, -0.25) is 0 Å². The molecule has 0 N–H and O–H groups in total. The monoisotopic (exact) mass is 649 g/mol. The summed E-state index contributed by atoms with van der Waals surface area (Å²) >= 11 is 0. The minimum Gasteiger partial charge on any atom is -0.381 e. The van der Waals surface area contributed by atoms with E-state index in [-0.39, 0.29) is 48.1 Å². The Morgan fingerprint density at radius 1 is 0.614 bits per heavy atom. The highest BCUT2D eigenvalue weighted by Crippen LogP contribution is 2.37. The molecule has 0 aliphatic rings. The zero-order chi connectivity index (χ0) is 31.6. The molecule has 0 aliphatic heterocycles. The Balaban J connectivity index is 1.23. The quantitative estimate of drug-likeness (QED) is 0.120. The van der Waals surface area contributed by atoms with Crippen LogP contribution in [0.25, 0.3) is 10.8 Å². The molecule has 0 aromatic heterocycles. The van der Waals surface area contributed by atoms with E-state index in [1.54, 1.807) is 30.3 Å². The van der Waals surface area contributed by atoms with Crippen LogP contribution in [0.3, 0.4) is 0 Å². The van der Waals surface area contributed by atoms with Crippen LogP contribution in [0, 0.1) is 0 Å². The maximum atomic E-state index is 13.7. The van der Waals surface area contributed by atoms with Gasteiger partial charge in [0.05, 0.1) is 9.79 Å². The van der Waals surface area contributed by atoms with Gasteiger partial charge in [-0.25, -0.2) is 16.8 Å². The van der Waals surface area contributed by atoms with Crippen molar-refractivity contribution >= 4 is 30.8 Å². The first-order valence-electron chi connectivity index (χ1n) is 14.1. The lowest BCUT2D eigenvalue weighted by atomic mass is 10.0. The average Bonchev–Trinajstić information content (AvgIpc) is 3.01. The maximum Gasteiger partial charge on any atom is 0.418 e. The number of alkyl halides is 3. The van der Waals surface area contributed by atoms with Crippen LogP contribution in [0.5, 0.6) is 0 Å². The highest BCUT2D eigenvalue weighted by Gasteiger charge is 2.42. The third kappa shape index (κ3) is 8.66. The van der Waals surface area contributed by atoms with Crippen LogP contribution in [-0.2, 0) is 29.5 Å². The standard InChI is InChI=1S/C32H34F3NO6S2/c33-32(34,35)31(28-20-19-26-13-7-8-14-27(26)25-28)42-24-12-11-23-41-22-10-9-21-36(43(37,38)29-15-3-1-4-16-29)44(39,40)30-17-5-2-6-18-30/h1-8,13-20,25,31H,9-12,21-24H2. The number of hydrogen-bond acceptors (Lipinski definition) is 6. The van der Waals surface area contributed by atoms with Gasteiger partial charge in [-0.2, -0.15) is 13.2 Å². The first-order chi connectivity index (χ1) is 21.0. The lowest BCUT2D eigenvalue weighted by Crippen LogP contribution is -2.37. The van der Waals surface area contributed by atoms with Gasteiger partial charge in [-0.05, 0) is 72.4 Å². The van der Waals surface area contributed by atoms with E-state index in [0.29, 0.717) is 28.4 Å². The molecule has 1 unspecified atom stereocenters. The Morgan fingerprint density at radius 3 is 1.68 bits per heavy atom. The summed E-state index contributed by atoms with van der Waals surface area (Å²) in [6.07, 6.45) is -5.21. The fourth-order valence-corrected chi connectivity index (χ4v) is 8.36. The predicted octanol–water partition coefficient (Wildman–Crippen LogP) is 7.12. The van der Waals surface area contributed by atoms with Gasteiger partial charge in [0.2, 0.25) is 0 Å². The van der Waals surface area contributed by atoms with Crippen LogP contribution in [0.4, 0.5) is 13.2 Å². The summed E-state index contributed by atoms with van der Waals surface area (Å²) in [5.41, 5.74) is 0.0463. The Labute approximate surface area is 256 Å². The molecule has 0 amide bonds. The first-order valence-corrected chi connectivity index (χ1v) is 17.0. The smallest absolute Gasteiger partial charge is 0.381 e. The van der Waals surface area contributed by atoms with E-state index in [2.05, 4.69) is 0 Å². The van der Waals surface area contributed by atoms with Gasteiger partial charge in [-0.1, -0.05) is 76.5 Å². The van der Waals surface area contributed by atoms with Gasteiger partial charge in [0.15, 0.2) is 6.10 Å². The molecule has 7 nitrogen and oxygen atoms in total. The third-order valence-corrected chi connectivity index (χ3v) is 11.2. The number of hydrogen-bond donors (Lipinski definition) is 0. The number of nitrogens with zero attached hydrogens (tertiary/aromatic N) is 1. The van der Waals surface area contributed by atoms with Gasteiger partial charge < -0.3 is 9.47 Å². The van der Waals surface area contributed by atoms with Crippen molar-refractivity contribution in [1.29, 1.82) is 0 Å². The maximum absolute atomic E-state index is 13.7. The van der Waals surface area contributed by atoms with E-state index >= 15 is 0 Å². The Kier molecular flexibility index (Phi) is 11.6. The molecule has 0 spiro atoms. The van der Waals surface area contributed by atoms with E-state index in [1.807, 2.05) is 12.1 Å².